The summed E-state index contributed by atoms with van der Waals surface area (Å²) in [7, 11) is 1.58. The van der Waals surface area contributed by atoms with Gasteiger partial charge in [-0.05, 0) is 5.56 Å². The fourth-order valence-electron chi connectivity index (χ4n) is 3.27. The summed E-state index contributed by atoms with van der Waals surface area (Å²) in [5, 5.41) is 0. The highest BCUT2D eigenvalue weighted by Gasteiger charge is 2.51. The van der Waals surface area contributed by atoms with Crippen molar-refractivity contribution < 1.29 is 14.3 Å². The molecule has 112 valence electrons. The lowest BCUT2D eigenvalue weighted by atomic mass is 10.00. The zero-order valence-corrected chi connectivity index (χ0v) is 12.2. The summed E-state index contributed by atoms with van der Waals surface area (Å²) in [5.41, 5.74) is 1.22. The normalized spacial score (nSPS) is 25.7. The Bertz CT molecular complexity index is 508. The van der Waals surface area contributed by atoms with E-state index in [1.807, 2.05) is 18.2 Å². The molecule has 1 aromatic rings. The van der Waals surface area contributed by atoms with Gasteiger partial charge in [-0.2, -0.15) is 0 Å². The van der Waals surface area contributed by atoms with E-state index in [9.17, 15) is 9.59 Å². The van der Waals surface area contributed by atoms with Gasteiger partial charge >= 0.3 is 0 Å². The van der Waals surface area contributed by atoms with Crippen LogP contribution in [0, 0.1) is 11.8 Å². The van der Waals surface area contributed by atoms with E-state index in [0.717, 1.165) is 6.54 Å². The molecule has 2 saturated heterocycles. The molecular formula is C16H20N2O3. The average molecular weight is 288 g/mol. The molecule has 0 spiro atoms. The maximum absolute atomic E-state index is 12.3. The second-order valence-corrected chi connectivity index (χ2v) is 5.71. The molecule has 0 radical (unpaired) electrons. The van der Waals surface area contributed by atoms with Gasteiger partial charge in [0, 0.05) is 26.7 Å². The second kappa shape index (κ2) is 5.95. The third-order valence-electron chi connectivity index (χ3n) is 4.33. The van der Waals surface area contributed by atoms with Crippen molar-refractivity contribution in [2.75, 3.05) is 33.4 Å². The number of benzene rings is 1. The van der Waals surface area contributed by atoms with Crippen LogP contribution in [0.5, 0.6) is 0 Å². The number of hydrogen-bond donors (Lipinski definition) is 0. The van der Waals surface area contributed by atoms with Crippen molar-refractivity contribution in [2.24, 2.45) is 11.8 Å². The van der Waals surface area contributed by atoms with Gasteiger partial charge in [-0.1, -0.05) is 30.3 Å². The zero-order chi connectivity index (χ0) is 14.8. The van der Waals surface area contributed by atoms with Crippen molar-refractivity contribution in [1.82, 2.24) is 9.80 Å². The lowest BCUT2D eigenvalue weighted by Crippen LogP contribution is -2.37. The van der Waals surface area contributed by atoms with E-state index < -0.39 is 0 Å². The molecule has 3 rings (SSSR count). The van der Waals surface area contributed by atoms with Crippen LogP contribution in [0.25, 0.3) is 0 Å². The maximum atomic E-state index is 12.3. The van der Waals surface area contributed by atoms with Crippen LogP contribution < -0.4 is 0 Å². The number of ether oxygens (including phenoxy) is 1. The van der Waals surface area contributed by atoms with E-state index in [-0.39, 0.29) is 23.7 Å². The number of carbonyl (C=O) groups excluding carboxylic acids is 2. The molecule has 0 bridgehead atoms. The predicted octanol–water partition coefficient (Wildman–Crippen LogP) is 0.750. The third-order valence-corrected chi connectivity index (χ3v) is 4.33. The molecule has 2 fully saturated rings. The lowest BCUT2D eigenvalue weighted by Gasteiger charge is -2.20. The molecule has 5 nitrogen and oxygen atoms in total. The highest BCUT2D eigenvalue weighted by atomic mass is 16.5. The van der Waals surface area contributed by atoms with Gasteiger partial charge in [0.05, 0.1) is 25.0 Å². The quantitative estimate of drug-likeness (QED) is 0.750. The molecule has 0 aromatic heterocycles. The standard InChI is InChI=1S/C16H20N2O3/c1-21-8-7-18-15(19)13-10-17(11-14(13)16(18)20)9-12-5-3-2-4-6-12/h2-6,13-14H,7-11H2,1H3. The van der Waals surface area contributed by atoms with Crippen molar-refractivity contribution >= 4 is 11.8 Å². The van der Waals surface area contributed by atoms with Crippen molar-refractivity contribution in [1.29, 1.82) is 0 Å². The van der Waals surface area contributed by atoms with Gasteiger partial charge in [0.2, 0.25) is 11.8 Å². The van der Waals surface area contributed by atoms with E-state index in [2.05, 4.69) is 17.0 Å². The number of amides is 2. The molecule has 2 aliphatic heterocycles. The lowest BCUT2D eigenvalue weighted by molar-refractivity contribution is -0.141. The first-order valence-corrected chi connectivity index (χ1v) is 7.31. The fraction of sp³-hybridized carbons (Fsp3) is 0.500. The molecule has 2 heterocycles. The van der Waals surface area contributed by atoms with Crippen LogP contribution in [-0.4, -0.2) is 55.0 Å². The highest BCUT2D eigenvalue weighted by Crippen LogP contribution is 2.33. The SMILES string of the molecule is COCCN1C(=O)C2CN(Cc3ccccc3)CC2C1=O. The summed E-state index contributed by atoms with van der Waals surface area (Å²) in [4.78, 5) is 28.2. The van der Waals surface area contributed by atoms with Crippen LogP contribution in [0.4, 0.5) is 0 Å². The van der Waals surface area contributed by atoms with Crippen molar-refractivity contribution in [3.8, 4) is 0 Å². The van der Waals surface area contributed by atoms with Gasteiger partial charge in [0.15, 0.2) is 0 Å². The van der Waals surface area contributed by atoms with Gasteiger partial charge < -0.3 is 4.74 Å². The molecule has 2 unspecified atom stereocenters. The van der Waals surface area contributed by atoms with Crippen LogP contribution in [-0.2, 0) is 20.9 Å². The minimum atomic E-state index is -0.168. The average Bonchev–Trinajstić information content (AvgIpc) is 2.99. The molecule has 1 aromatic carbocycles. The highest BCUT2D eigenvalue weighted by molar-refractivity contribution is 6.05. The van der Waals surface area contributed by atoms with Crippen molar-refractivity contribution in [3.05, 3.63) is 35.9 Å². The first kappa shape index (κ1) is 14.2. The number of rotatable bonds is 5. The summed E-state index contributed by atoms with van der Waals surface area (Å²) >= 11 is 0. The minimum Gasteiger partial charge on any atom is -0.383 e. The Kier molecular flexibility index (Phi) is 4.03. The third kappa shape index (κ3) is 2.71. The molecule has 2 atom stereocenters. The molecule has 0 N–H and O–H groups in total. The second-order valence-electron chi connectivity index (χ2n) is 5.71. The Labute approximate surface area is 124 Å². The number of fused-ring (bicyclic) bond motifs is 1. The summed E-state index contributed by atoms with van der Waals surface area (Å²) in [5.74, 6) is -0.397. The van der Waals surface area contributed by atoms with Gasteiger partial charge in [0.1, 0.15) is 0 Å². The Balaban J connectivity index is 1.63. The molecule has 5 heteroatoms. The Morgan fingerprint density at radius 2 is 1.71 bits per heavy atom. The van der Waals surface area contributed by atoms with Crippen LogP contribution in [0.15, 0.2) is 30.3 Å². The smallest absolute Gasteiger partial charge is 0.234 e. The van der Waals surface area contributed by atoms with Gasteiger partial charge in [-0.15, -0.1) is 0 Å². The summed E-state index contributed by atoms with van der Waals surface area (Å²) < 4.78 is 4.97. The van der Waals surface area contributed by atoms with Crippen molar-refractivity contribution in [2.45, 2.75) is 6.54 Å². The van der Waals surface area contributed by atoms with E-state index in [4.69, 9.17) is 4.74 Å². The van der Waals surface area contributed by atoms with Crippen LogP contribution in [0.2, 0.25) is 0 Å². The summed E-state index contributed by atoms with van der Waals surface area (Å²) in [6.45, 7) is 2.93. The first-order chi connectivity index (χ1) is 10.2. The van der Waals surface area contributed by atoms with Crippen LogP contribution >= 0.6 is 0 Å². The van der Waals surface area contributed by atoms with Gasteiger partial charge in [-0.25, -0.2) is 0 Å². The molecule has 2 amide bonds. The Morgan fingerprint density at radius 3 is 2.29 bits per heavy atom. The molecule has 0 saturated carbocycles. The molecule has 0 aliphatic carbocycles. The van der Waals surface area contributed by atoms with Crippen molar-refractivity contribution in [3.63, 3.8) is 0 Å². The molecule has 2 aliphatic rings. The van der Waals surface area contributed by atoms with E-state index in [1.54, 1.807) is 7.11 Å². The number of nitrogens with zero attached hydrogens (tertiary/aromatic N) is 2. The maximum Gasteiger partial charge on any atom is 0.234 e. The monoisotopic (exact) mass is 288 g/mol. The van der Waals surface area contributed by atoms with Crippen LogP contribution in [0.1, 0.15) is 5.56 Å². The van der Waals surface area contributed by atoms with E-state index in [0.29, 0.717) is 26.2 Å². The molecular weight excluding hydrogens is 268 g/mol. The van der Waals surface area contributed by atoms with Crippen LogP contribution in [0.3, 0.4) is 0 Å². The fourth-order valence-corrected chi connectivity index (χ4v) is 3.27. The summed E-state index contributed by atoms with van der Waals surface area (Å²) in [6, 6.07) is 10.2. The van der Waals surface area contributed by atoms with Gasteiger partial charge in [-0.3, -0.25) is 19.4 Å². The van der Waals surface area contributed by atoms with Gasteiger partial charge in [0.25, 0.3) is 0 Å². The zero-order valence-electron chi connectivity index (χ0n) is 12.2. The predicted molar refractivity (Wildman–Crippen MR) is 77.3 cm³/mol. The number of imide groups is 1. The molecule has 21 heavy (non-hydrogen) atoms. The first-order valence-electron chi connectivity index (χ1n) is 7.31. The minimum absolute atomic E-state index is 0.0300. The Morgan fingerprint density at radius 1 is 1.10 bits per heavy atom. The number of methoxy groups -OCH3 is 1. The number of likely N-dealkylation sites (tertiary alicyclic amines) is 2. The summed E-state index contributed by atoms with van der Waals surface area (Å²) in [6.07, 6.45) is 0. The number of hydrogen-bond acceptors (Lipinski definition) is 4. The Hall–Kier alpha value is -1.72. The van der Waals surface area contributed by atoms with E-state index in [1.165, 1.54) is 10.5 Å². The largest absolute Gasteiger partial charge is 0.383 e. The van der Waals surface area contributed by atoms with E-state index >= 15 is 0 Å². The topological polar surface area (TPSA) is 49.9 Å². The number of carbonyl (C=O) groups is 2.